The van der Waals surface area contributed by atoms with E-state index in [9.17, 15) is 14.0 Å². The van der Waals surface area contributed by atoms with Gasteiger partial charge in [0.15, 0.2) is 6.61 Å². The summed E-state index contributed by atoms with van der Waals surface area (Å²) in [7, 11) is 0. The molecule has 2 amide bonds. The molecule has 2 N–H and O–H groups in total. The molecule has 30 heavy (non-hydrogen) atoms. The van der Waals surface area contributed by atoms with Gasteiger partial charge in [0, 0.05) is 17.1 Å². The average molecular weight is 433 g/mol. The van der Waals surface area contributed by atoms with Crippen LogP contribution in [0.2, 0.25) is 5.02 Å². The number of ether oxygens (including phenoxy) is 2. The van der Waals surface area contributed by atoms with Crippen molar-refractivity contribution in [1.29, 1.82) is 0 Å². The summed E-state index contributed by atoms with van der Waals surface area (Å²) in [5.74, 6) is -0.793. The third kappa shape index (κ3) is 4.57. The summed E-state index contributed by atoms with van der Waals surface area (Å²) in [5, 5.41) is 5.96. The summed E-state index contributed by atoms with van der Waals surface area (Å²) in [6.07, 6.45) is 2.06. The van der Waals surface area contributed by atoms with E-state index in [0.717, 1.165) is 11.6 Å². The smallest absolute Gasteiger partial charge is 0.258 e. The number of benzene rings is 2. The van der Waals surface area contributed by atoms with E-state index in [-0.39, 0.29) is 46.9 Å². The molecule has 2 bridgehead atoms. The molecular weight excluding hydrogens is 411 g/mol. The lowest BCUT2D eigenvalue weighted by atomic mass is 9.44. The number of hydrogen-bond acceptors (Lipinski definition) is 4. The lowest BCUT2D eigenvalue weighted by Gasteiger charge is -2.70. The van der Waals surface area contributed by atoms with E-state index >= 15 is 0 Å². The minimum atomic E-state index is -0.598. The molecule has 0 atom stereocenters. The average Bonchev–Trinajstić information content (AvgIpc) is 2.67. The highest BCUT2D eigenvalue weighted by atomic mass is 35.5. The Bertz CT molecular complexity index is 934. The SMILES string of the molecule is O=C(COCc1ccccc1)NC12CC(NC(=O)COc3ccc(Cl)c(F)c3)(C1)C2. The maximum Gasteiger partial charge on any atom is 0.258 e. The van der Waals surface area contributed by atoms with Crippen LogP contribution in [0.3, 0.4) is 0 Å². The number of carbonyl (C=O) groups is 2. The van der Waals surface area contributed by atoms with Crippen LogP contribution in [0, 0.1) is 5.82 Å². The molecule has 0 spiro atoms. The Hall–Kier alpha value is -2.64. The monoisotopic (exact) mass is 432 g/mol. The normalized spacial score (nSPS) is 23.7. The van der Waals surface area contributed by atoms with Gasteiger partial charge in [-0.2, -0.15) is 0 Å². The van der Waals surface area contributed by atoms with Gasteiger partial charge in [-0.1, -0.05) is 41.9 Å². The highest BCUT2D eigenvalue weighted by molar-refractivity contribution is 6.30. The van der Waals surface area contributed by atoms with Gasteiger partial charge in [-0.15, -0.1) is 0 Å². The number of halogens is 2. The molecule has 0 radical (unpaired) electrons. The largest absolute Gasteiger partial charge is 0.484 e. The number of hydrogen-bond donors (Lipinski definition) is 2. The van der Waals surface area contributed by atoms with Crippen LogP contribution in [0.25, 0.3) is 0 Å². The summed E-state index contributed by atoms with van der Waals surface area (Å²) in [5.41, 5.74) is 0.478. The second-order valence-corrected chi connectivity index (χ2v) is 8.44. The molecule has 3 fully saturated rings. The van der Waals surface area contributed by atoms with E-state index in [1.54, 1.807) is 0 Å². The summed E-state index contributed by atoms with van der Waals surface area (Å²) >= 11 is 5.62. The third-order valence-corrected chi connectivity index (χ3v) is 5.75. The molecule has 0 unspecified atom stereocenters. The maximum atomic E-state index is 13.4. The van der Waals surface area contributed by atoms with Gasteiger partial charge in [-0.05, 0) is 37.0 Å². The van der Waals surface area contributed by atoms with E-state index < -0.39 is 5.82 Å². The van der Waals surface area contributed by atoms with Crippen LogP contribution in [-0.2, 0) is 20.9 Å². The van der Waals surface area contributed by atoms with Gasteiger partial charge < -0.3 is 20.1 Å². The fraction of sp³-hybridized carbons (Fsp3) is 0.364. The second-order valence-electron chi connectivity index (χ2n) is 8.03. The van der Waals surface area contributed by atoms with Crippen LogP contribution < -0.4 is 15.4 Å². The van der Waals surface area contributed by atoms with Gasteiger partial charge in [0.05, 0.1) is 11.6 Å². The molecule has 8 heteroatoms. The predicted molar refractivity (Wildman–Crippen MR) is 109 cm³/mol. The first kappa shape index (κ1) is 20.6. The minimum Gasteiger partial charge on any atom is -0.484 e. The Morgan fingerprint density at radius 2 is 1.60 bits per heavy atom. The van der Waals surface area contributed by atoms with Crippen LogP contribution in [0.15, 0.2) is 48.5 Å². The van der Waals surface area contributed by atoms with E-state index in [4.69, 9.17) is 21.1 Å². The van der Waals surface area contributed by atoms with Crippen molar-refractivity contribution >= 4 is 23.4 Å². The lowest BCUT2D eigenvalue weighted by molar-refractivity contribution is -0.152. The molecule has 0 saturated heterocycles. The standard InChI is InChI=1S/C22H22ClFN2O4/c23-17-7-6-16(8-18(17)24)30-11-20(28)26-22-12-21(13-22,14-22)25-19(27)10-29-9-15-4-2-1-3-5-15/h1-8H,9-14H2,(H,25,27)(H,26,28). The first-order valence-corrected chi connectivity index (χ1v) is 10.1. The van der Waals surface area contributed by atoms with Crippen molar-refractivity contribution in [3.63, 3.8) is 0 Å². The van der Waals surface area contributed by atoms with Gasteiger partial charge >= 0.3 is 0 Å². The van der Waals surface area contributed by atoms with E-state index in [0.29, 0.717) is 25.9 Å². The molecule has 3 saturated carbocycles. The van der Waals surface area contributed by atoms with Crippen molar-refractivity contribution in [2.75, 3.05) is 13.2 Å². The third-order valence-electron chi connectivity index (χ3n) is 5.45. The van der Waals surface area contributed by atoms with E-state index in [1.807, 2.05) is 30.3 Å². The van der Waals surface area contributed by atoms with Crippen molar-refractivity contribution in [2.24, 2.45) is 0 Å². The fourth-order valence-electron chi connectivity index (χ4n) is 4.27. The molecular formula is C22H22ClFN2O4. The zero-order chi connectivity index (χ0) is 21.2. The molecule has 5 rings (SSSR count). The molecule has 2 aromatic carbocycles. The van der Waals surface area contributed by atoms with Gasteiger partial charge in [0.1, 0.15) is 18.2 Å². The molecule has 0 aromatic heterocycles. The first-order valence-electron chi connectivity index (χ1n) is 9.69. The number of amides is 2. The number of rotatable bonds is 9. The van der Waals surface area contributed by atoms with Crippen LogP contribution in [0.1, 0.15) is 24.8 Å². The quantitative estimate of drug-likeness (QED) is 0.638. The minimum absolute atomic E-state index is 0.00141. The maximum absolute atomic E-state index is 13.4. The first-order chi connectivity index (χ1) is 14.4. The lowest BCUT2D eigenvalue weighted by Crippen LogP contribution is -2.84. The Kier molecular flexibility index (Phi) is 5.66. The molecule has 0 heterocycles. The molecule has 3 aliphatic rings. The fourth-order valence-corrected chi connectivity index (χ4v) is 4.39. The molecule has 0 aliphatic heterocycles. The van der Waals surface area contributed by atoms with Crippen molar-refractivity contribution in [1.82, 2.24) is 10.6 Å². The Balaban J connectivity index is 1.14. The Labute approximate surface area is 178 Å². The number of carbonyl (C=O) groups excluding carboxylic acids is 2. The molecule has 158 valence electrons. The van der Waals surface area contributed by atoms with Crippen LogP contribution in [0.4, 0.5) is 4.39 Å². The molecule has 2 aromatic rings. The van der Waals surface area contributed by atoms with E-state index in [1.165, 1.54) is 12.1 Å². The van der Waals surface area contributed by atoms with Gasteiger partial charge in [0.2, 0.25) is 5.91 Å². The van der Waals surface area contributed by atoms with Gasteiger partial charge in [-0.3, -0.25) is 9.59 Å². The highest BCUT2D eigenvalue weighted by Crippen LogP contribution is 2.60. The van der Waals surface area contributed by atoms with Crippen LogP contribution in [-0.4, -0.2) is 36.1 Å². The highest BCUT2D eigenvalue weighted by Gasteiger charge is 2.69. The zero-order valence-electron chi connectivity index (χ0n) is 16.3. The van der Waals surface area contributed by atoms with Gasteiger partial charge in [-0.25, -0.2) is 4.39 Å². The van der Waals surface area contributed by atoms with E-state index in [2.05, 4.69) is 10.6 Å². The number of nitrogens with one attached hydrogen (secondary N) is 2. The predicted octanol–water partition coefficient (Wildman–Crippen LogP) is 2.98. The van der Waals surface area contributed by atoms with Crippen LogP contribution >= 0.6 is 11.6 Å². The van der Waals surface area contributed by atoms with Crippen LogP contribution in [0.5, 0.6) is 5.75 Å². The molecule has 3 aliphatic carbocycles. The van der Waals surface area contributed by atoms with Crippen molar-refractivity contribution in [2.45, 2.75) is 36.9 Å². The zero-order valence-corrected chi connectivity index (χ0v) is 17.0. The molecule has 6 nitrogen and oxygen atoms in total. The summed E-state index contributed by atoms with van der Waals surface area (Å²) in [4.78, 5) is 24.3. The van der Waals surface area contributed by atoms with Crippen molar-refractivity contribution in [3.8, 4) is 5.75 Å². The Morgan fingerprint density at radius 1 is 0.967 bits per heavy atom. The van der Waals surface area contributed by atoms with Crippen molar-refractivity contribution < 1.29 is 23.5 Å². The summed E-state index contributed by atoms with van der Waals surface area (Å²) in [6.45, 7) is 0.176. The van der Waals surface area contributed by atoms with Crippen molar-refractivity contribution in [3.05, 3.63) is 64.9 Å². The summed E-state index contributed by atoms with van der Waals surface area (Å²) < 4.78 is 24.2. The Morgan fingerprint density at radius 3 is 2.23 bits per heavy atom. The second kappa shape index (κ2) is 8.24. The summed E-state index contributed by atoms with van der Waals surface area (Å²) in [6, 6.07) is 13.7. The topological polar surface area (TPSA) is 76.7 Å². The van der Waals surface area contributed by atoms with Gasteiger partial charge in [0.25, 0.3) is 5.91 Å².